The summed E-state index contributed by atoms with van der Waals surface area (Å²) < 4.78 is 18.8. The second-order valence-electron chi connectivity index (χ2n) is 4.27. The Morgan fingerprint density at radius 2 is 2.00 bits per heavy atom. The summed E-state index contributed by atoms with van der Waals surface area (Å²) in [6.07, 6.45) is 0. The standard InChI is InChI=1S/C13H14BrFO3/c1-4-18-12(17)13(2,3)11(16)10-8(14)6-5-7-9(10)15/h5-7H,4H2,1-3H3. The number of ether oxygens (including phenoxy) is 1. The van der Waals surface area contributed by atoms with E-state index >= 15 is 0 Å². The normalized spacial score (nSPS) is 11.2. The van der Waals surface area contributed by atoms with Crippen LogP contribution in [0.25, 0.3) is 0 Å². The Morgan fingerprint density at radius 1 is 1.39 bits per heavy atom. The van der Waals surface area contributed by atoms with Gasteiger partial charge in [0.05, 0.1) is 12.2 Å². The summed E-state index contributed by atoms with van der Waals surface area (Å²) in [5.41, 5.74) is -1.55. The Morgan fingerprint density at radius 3 is 2.50 bits per heavy atom. The predicted octanol–water partition coefficient (Wildman–Crippen LogP) is 3.36. The van der Waals surface area contributed by atoms with Gasteiger partial charge in [-0.15, -0.1) is 0 Å². The molecule has 0 radical (unpaired) electrons. The first-order valence-electron chi connectivity index (χ1n) is 5.48. The van der Waals surface area contributed by atoms with Gasteiger partial charge in [-0.25, -0.2) is 4.39 Å². The molecule has 0 saturated heterocycles. The van der Waals surface area contributed by atoms with E-state index in [-0.39, 0.29) is 12.2 Å². The van der Waals surface area contributed by atoms with Gasteiger partial charge in [0, 0.05) is 4.47 Å². The van der Waals surface area contributed by atoms with Crippen molar-refractivity contribution in [3.8, 4) is 0 Å². The molecule has 3 nitrogen and oxygen atoms in total. The first-order valence-corrected chi connectivity index (χ1v) is 6.27. The van der Waals surface area contributed by atoms with E-state index in [9.17, 15) is 14.0 Å². The number of carbonyl (C=O) groups excluding carboxylic acids is 2. The van der Waals surface area contributed by atoms with Crippen LogP contribution in [0.4, 0.5) is 4.39 Å². The summed E-state index contributed by atoms with van der Waals surface area (Å²) in [7, 11) is 0. The number of rotatable bonds is 4. The minimum Gasteiger partial charge on any atom is -0.465 e. The zero-order valence-corrected chi connectivity index (χ0v) is 12.0. The third-order valence-corrected chi connectivity index (χ3v) is 3.20. The number of hydrogen-bond acceptors (Lipinski definition) is 3. The summed E-state index contributed by atoms with van der Waals surface area (Å²) in [4.78, 5) is 24.0. The first kappa shape index (κ1) is 14.8. The molecule has 0 fully saturated rings. The van der Waals surface area contributed by atoms with Gasteiger partial charge in [-0.05, 0) is 48.8 Å². The van der Waals surface area contributed by atoms with Crippen LogP contribution in [0.3, 0.4) is 0 Å². The highest BCUT2D eigenvalue weighted by molar-refractivity contribution is 9.10. The molecule has 0 aliphatic carbocycles. The van der Waals surface area contributed by atoms with E-state index in [1.807, 2.05) is 0 Å². The third kappa shape index (κ3) is 2.77. The summed E-state index contributed by atoms with van der Waals surface area (Å²) in [6.45, 7) is 4.67. The third-order valence-electron chi connectivity index (χ3n) is 2.54. The monoisotopic (exact) mass is 316 g/mol. The average molecular weight is 317 g/mol. The molecule has 0 unspecified atom stereocenters. The van der Waals surface area contributed by atoms with E-state index < -0.39 is 23.0 Å². The first-order chi connectivity index (χ1) is 8.32. The average Bonchev–Trinajstić information content (AvgIpc) is 2.28. The quantitative estimate of drug-likeness (QED) is 0.486. The van der Waals surface area contributed by atoms with Gasteiger partial charge in [0.1, 0.15) is 11.2 Å². The number of Topliss-reactive ketones (excluding diaryl/α,β-unsaturated/α-hetero) is 1. The van der Waals surface area contributed by atoms with Crippen molar-refractivity contribution in [3.63, 3.8) is 0 Å². The van der Waals surface area contributed by atoms with E-state index in [0.717, 1.165) is 0 Å². The Hall–Kier alpha value is -1.23. The van der Waals surface area contributed by atoms with Gasteiger partial charge >= 0.3 is 5.97 Å². The molecular formula is C13H14BrFO3. The van der Waals surface area contributed by atoms with Crippen LogP contribution in [0.5, 0.6) is 0 Å². The predicted molar refractivity (Wildman–Crippen MR) is 68.8 cm³/mol. The topological polar surface area (TPSA) is 43.4 Å². The van der Waals surface area contributed by atoms with Crippen LogP contribution < -0.4 is 0 Å². The molecule has 0 aliphatic heterocycles. The van der Waals surface area contributed by atoms with Gasteiger partial charge < -0.3 is 4.74 Å². The molecule has 18 heavy (non-hydrogen) atoms. The van der Waals surface area contributed by atoms with E-state index in [2.05, 4.69) is 15.9 Å². The zero-order valence-electron chi connectivity index (χ0n) is 10.4. The van der Waals surface area contributed by atoms with Gasteiger partial charge in [-0.2, -0.15) is 0 Å². The second kappa shape index (κ2) is 5.61. The minimum atomic E-state index is -1.42. The van der Waals surface area contributed by atoms with Crippen LogP contribution in [0.15, 0.2) is 22.7 Å². The minimum absolute atomic E-state index is 0.129. The maximum Gasteiger partial charge on any atom is 0.319 e. The van der Waals surface area contributed by atoms with Crippen molar-refractivity contribution in [2.24, 2.45) is 5.41 Å². The van der Waals surface area contributed by atoms with Crippen LogP contribution >= 0.6 is 15.9 Å². The largest absolute Gasteiger partial charge is 0.465 e. The van der Waals surface area contributed by atoms with Crippen LogP contribution in [-0.2, 0) is 9.53 Å². The molecule has 1 rings (SSSR count). The molecule has 0 aromatic heterocycles. The van der Waals surface area contributed by atoms with Gasteiger partial charge in [0.2, 0.25) is 0 Å². The van der Waals surface area contributed by atoms with E-state index in [1.165, 1.54) is 26.0 Å². The number of ketones is 1. The number of carbonyl (C=O) groups is 2. The van der Waals surface area contributed by atoms with Gasteiger partial charge in [-0.1, -0.05) is 6.07 Å². The fourth-order valence-corrected chi connectivity index (χ4v) is 1.95. The fraction of sp³-hybridized carbons (Fsp3) is 0.385. The lowest BCUT2D eigenvalue weighted by molar-refractivity contribution is -0.150. The molecule has 0 N–H and O–H groups in total. The molecular weight excluding hydrogens is 303 g/mol. The molecule has 0 saturated carbocycles. The smallest absolute Gasteiger partial charge is 0.319 e. The number of esters is 1. The lowest BCUT2D eigenvalue weighted by Gasteiger charge is -2.21. The van der Waals surface area contributed by atoms with Crippen molar-refractivity contribution >= 4 is 27.7 Å². The summed E-state index contributed by atoms with van der Waals surface area (Å²) in [5, 5.41) is 0. The summed E-state index contributed by atoms with van der Waals surface area (Å²) in [5.74, 6) is -1.93. The SMILES string of the molecule is CCOC(=O)C(C)(C)C(=O)c1c(F)cccc1Br. The molecule has 1 aromatic carbocycles. The second-order valence-corrected chi connectivity index (χ2v) is 5.13. The highest BCUT2D eigenvalue weighted by Gasteiger charge is 2.40. The van der Waals surface area contributed by atoms with Crippen LogP contribution in [0, 0.1) is 11.2 Å². The molecule has 0 bridgehead atoms. The molecule has 0 atom stereocenters. The van der Waals surface area contributed by atoms with E-state index in [4.69, 9.17) is 4.74 Å². The number of hydrogen-bond donors (Lipinski definition) is 0. The Kier molecular flexibility index (Phi) is 4.62. The van der Waals surface area contributed by atoms with Crippen molar-refractivity contribution in [2.75, 3.05) is 6.61 Å². The van der Waals surface area contributed by atoms with Crippen molar-refractivity contribution in [2.45, 2.75) is 20.8 Å². The summed E-state index contributed by atoms with van der Waals surface area (Å²) >= 11 is 3.12. The lowest BCUT2D eigenvalue weighted by Crippen LogP contribution is -2.35. The maximum atomic E-state index is 13.7. The van der Waals surface area contributed by atoms with Crippen molar-refractivity contribution in [3.05, 3.63) is 34.1 Å². The zero-order chi connectivity index (χ0) is 13.9. The van der Waals surface area contributed by atoms with Gasteiger partial charge in [0.25, 0.3) is 0 Å². The molecule has 0 aliphatic rings. The van der Waals surface area contributed by atoms with Crippen LogP contribution in [0.1, 0.15) is 31.1 Å². The molecule has 1 aromatic rings. The van der Waals surface area contributed by atoms with Crippen molar-refractivity contribution in [1.29, 1.82) is 0 Å². The highest BCUT2D eigenvalue weighted by atomic mass is 79.9. The lowest BCUT2D eigenvalue weighted by atomic mass is 9.84. The van der Waals surface area contributed by atoms with Gasteiger partial charge in [0.15, 0.2) is 5.78 Å². The van der Waals surface area contributed by atoms with Crippen LogP contribution in [-0.4, -0.2) is 18.4 Å². The molecule has 5 heteroatoms. The Balaban J connectivity index is 3.18. The summed E-state index contributed by atoms with van der Waals surface area (Å²) in [6, 6.07) is 4.21. The molecule has 0 heterocycles. The van der Waals surface area contributed by atoms with E-state index in [0.29, 0.717) is 4.47 Å². The molecule has 0 amide bonds. The number of halogens is 2. The van der Waals surface area contributed by atoms with Crippen molar-refractivity contribution < 1.29 is 18.7 Å². The fourth-order valence-electron chi connectivity index (χ4n) is 1.43. The number of benzene rings is 1. The maximum absolute atomic E-state index is 13.7. The molecule has 98 valence electrons. The van der Waals surface area contributed by atoms with Crippen LogP contribution in [0.2, 0.25) is 0 Å². The highest BCUT2D eigenvalue weighted by Crippen LogP contribution is 2.29. The Bertz CT molecular complexity index is 463. The van der Waals surface area contributed by atoms with E-state index in [1.54, 1.807) is 13.0 Å². The van der Waals surface area contributed by atoms with Crippen molar-refractivity contribution in [1.82, 2.24) is 0 Å². The Labute approximate surface area is 113 Å². The molecule has 0 spiro atoms. The van der Waals surface area contributed by atoms with Gasteiger partial charge in [-0.3, -0.25) is 9.59 Å².